The summed E-state index contributed by atoms with van der Waals surface area (Å²) in [5, 5.41) is 18.1. The van der Waals surface area contributed by atoms with Crippen LogP contribution in [0, 0.1) is 5.82 Å². The summed E-state index contributed by atoms with van der Waals surface area (Å²) in [6, 6.07) is 3.08. The van der Waals surface area contributed by atoms with Crippen LogP contribution in [0.15, 0.2) is 18.2 Å². The van der Waals surface area contributed by atoms with Crippen molar-refractivity contribution in [3.8, 4) is 5.75 Å². The summed E-state index contributed by atoms with van der Waals surface area (Å²) in [6.45, 7) is -0.441. The molecule has 1 fully saturated rings. The maximum absolute atomic E-state index is 13.7. The minimum absolute atomic E-state index is 0.160. The summed E-state index contributed by atoms with van der Waals surface area (Å²) >= 11 is 0. The van der Waals surface area contributed by atoms with Crippen molar-refractivity contribution in [2.24, 2.45) is 0 Å². The number of rotatable bonds is 4. The molecule has 2 rings (SSSR count). The smallest absolute Gasteiger partial charge is 0.323 e. The molecular weight excluding hydrogens is 265 g/mol. The standard InChI is InChI=1S/C14H16FNO4/c15-12-7-10(17)5-6-11(12)14(20)16(8-13(18)19)9-3-1-2-4-9/h5-7,9,17H,1-4,8H2,(H,18,19). The molecule has 5 nitrogen and oxygen atoms in total. The van der Waals surface area contributed by atoms with Crippen molar-refractivity contribution in [3.63, 3.8) is 0 Å². The topological polar surface area (TPSA) is 77.8 Å². The largest absolute Gasteiger partial charge is 0.508 e. The molecule has 1 aliphatic carbocycles. The first-order valence-electron chi connectivity index (χ1n) is 6.50. The van der Waals surface area contributed by atoms with Gasteiger partial charge in [-0.1, -0.05) is 12.8 Å². The third-order valence-electron chi connectivity index (χ3n) is 3.52. The predicted octanol–water partition coefficient (Wildman–Crippen LogP) is 2.00. The van der Waals surface area contributed by atoms with Gasteiger partial charge in [0.15, 0.2) is 0 Å². The van der Waals surface area contributed by atoms with Gasteiger partial charge in [0.25, 0.3) is 5.91 Å². The number of carboxylic acid groups (broad SMARTS) is 1. The summed E-state index contributed by atoms with van der Waals surface area (Å²) in [5.41, 5.74) is -0.212. The lowest BCUT2D eigenvalue weighted by Crippen LogP contribution is -2.42. The number of hydrogen-bond acceptors (Lipinski definition) is 3. The summed E-state index contributed by atoms with van der Waals surface area (Å²) in [5.74, 6) is -2.88. The van der Waals surface area contributed by atoms with E-state index in [2.05, 4.69) is 0 Å². The van der Waals surface area contributed by atoms with Crippen LogP contribution in [-0.4, -0.2) is 39.6 Å². The first-order chi connectivity index (χ1) is 9.49. The Hall–Kier alpha value is -2.11. The Labute approximate surface area is 115 Å². The van der Waals surface area contributed by atoms with Crippen molar-refractivity contribution in [1.82, 2.24) is 4.90 Å². The molecule has 1 aromatic rings. The average molecular weight is 281 g/mol. The number of carbonyl (C=O) groups excluding carboxylic acids is 1. The molecule has 1 aromatic carbocycles. The molecule has 0 atom stereocenters. The Balaban J connectivity index is 2.27. The van der Waals surface area contributed by atoms with Gasteiger partial charge in [0, 0.05) is 12.1 Å². The molecule has 1 aliphatic rings. The van der Waals surface area contributed by atoms with Crippen molar-refractivity contribution in [3.05, 3.63) is 29.6 Å². The highest BCUT2D eigenvalue weighted by Crippen LogP contribution is 2.26. The predicted molar refractivity (Wildman–Crippen MR) is 69.0 cm³/mol. The number of halogens is 1. The van der Waals surface area contributed by atoms with E-state index in [4.69, 9.17) is 10.2 Å². The minimum atomic E-state index is -1.12. The number of benzene rings is 1. The average Bonchev–Trinajstić information content (AvgIpc) is 2.88. The van der Waals surface area contributed by atoms with Crippen molar-refractivity contribution in [1.29, 1.82) is 0 Å². The number of phenols is 1. The third-order valence-corrected chi connectivity index (χ3v) is 3.52. The maximum atomic E-state index is 13.7. The number of aliphatic carboxylic acids is 1. The Morgan fingerprint density at radius 3 is 2.50 bits per heavy atom. The van der Waals surface area contributed by atoms with E-state index in [0.717, 1.165) is 31.7 Å². The summed E-state index contributed by atoms with van der Waals surface area (Å²) in [6.07, 6.45) is 3.34. The van der Waals surface area contributed by atoms with Crippen LogP contribution in [0.3, 0.4) is 0 Å². The number of carbonyl (C=O) groups is 2. The fourth-order valence-electron chi connectivity index (χ4n) is 2.56. The van der Waals surface area contributed by atoms with Crippen molar-refractivity contribution in [2.75, 3.05) is 6.54 Å². The van der Waals surface area contributed by atoms with Gasteiger partial charge in [0.2, 0.25) is 0 Å². The van der Waals surface area contributed by atoms with Crippen LogP contribution < -0.4 is 0 Å². The molecular formula is C14H16FNO4. The van der Waals surface area contributed by atoms with Gasteiger partial charge in [-0.3, -0.25) is 9.59 Å². The van der Waals surface area contributed by atoms with Crippen LogP contribution in [-0.2, 0) is 4.79 Å². The summed E-state index contributed by atoms with van der Waals surface area (Å²) < 4.78 is 13.7. The number of amides is 1. The van der Waals surface area contributed by atoms with Crippen molar-refractivity contribution >= 4 is 11.9 Å². The Bertz CT molecular complexity index is 526. The molecule has 0 aromatic heterocycles. The lowest BCUT2D eigenvalue weighted by Gasteiger charge is -2.27. The molecule has 0 unspecified atom stereocenters. The van der Waals surface area contributed by atoms with Crippen molar-refractivity contribution < 1.29 is 24.2 Å². The van der Waals surface area contributed by atoms with Crippen LogP contribution >= 0.6 is 0 Å². The molecule has 108 valence electrons. The van der Waals surface area contributed by atoms with Gasteiger partial charge < -0.3 is 15.1 Å². The lowest BCUT2D eigenvalue weighted by atomic mass is 10.1. The van der Waals surface area contributed by atoms with E-state index in [1.807, 2.05) is 0 Å². The molecule has 20 heavy (non-hydrogen) atoms. The minimum Gasteiger partial charge on any atom is -0.508 e. The number of carboxylic acids is 1. The zero-order valence-electron chi connectivity index (χ0n) is 10.9. The van der Waals surface area contributed by atoms with E-state index in [1.165, 1.54) is 17.0 Å². The Kier molecular flexibility index (Phi) is 4.22. The molecule has 0 spiro atoms. The van der Waals surface area contributed by atoms with E-state index in [1.54, 1.807) is 0 Å². The Morgan fingerprint density at radius 1 is 1.30 bits per heavy atom. The SMILES string of the molecule is O=C(O)CN(C(=O)c1ccc(O)cc1F)C1CCCC1. The molecule has 6 heteroatoms. The van der Waals surface area contributed by atoms with Crippen LogP contribution in [0.2, 0.25) is 0 Å². The molecule has 2 N–H and O–H groups in total. The van der Waals surface area contributed by atoms with Crippen LogP contribution in [0.1, 0.15) is 36.0 Å². The molecule has 0 saturated heterocycles. The van der Waals surface area contributed by atoms with Crippen molar-refractivity contribution in [2.45, 2.75) is 31.7 Å². The lowest BCUT2D eigenvalue weighted by molar-refractivity contribution is -0.138. The van der Waals surface area contributed by atoms with Gasteiger partial charge in [0.1, 0.15) is 18.1 Å². The van der Waals surface area contributed by atoms with Gasteiger partial charge in [-0.25, -0.2) is 4.39 Å². The fraction of sp³-hybridized carbons (Fsp3) is 0.429. The quantitative estimate of drug-likeness (QED) is 0.884. The number of nitrogens with zero attached hydrogens (tertiary/aromatic N) is 1. The normalized spacial score (nSPS) is 15.2. The van der Waals surface area contributed by atoms with Gasteiger partial charge >= 0.3 is 5.97 Å². The van der Waals surface area contributed by atoms with Gasteiger partial charge in [-0.05, 0) is 25.0 Å². The summed E-state index contributed by atoms with van der Waals surface area (Å²) in [7, 11) is 0. The number of hydrogen-bond donors (Lipinski definition) is 2. The molecule has 1 saturated carbocycles. The first kappa shape index (κ1) is 14.3. The van der Waals surface area contributed by atoms with E-state index in [0.29, 0.717) is 0 Å². The molecule has 0 radical (unpaired) electrons. The van der Waals surface area contributed by atoms with Crippen LogP contribution in [0.4, 0.5) is 4.39 Å². The second-order valence-corrected chi connectivity index (χ2v) is 4.93. The second-order valence-electron chi connectivity index (χ2n) is 4.93. The van der Waals surface area contributed by atoms with E-state index < -0.39 is 24.2 Å². The maximum Gasteiger partial charge on any atom is 0.323 e. The van der Waals surface area contributed by atoms with Gasteiger partial charge in [0.05, 0.1) is 5.56 Å². The van der Waals surface area contributed by atoms with Crippen LogP contribution in [0.25, 0.3) is 0 Å². The highest BCUT2D eigenvalue weighted by atomic mass is 19.1. The zero-order chi connectivity index (χ0) is 14.7. The van der Waals surface area contributed by atoms with Gasteiger partial charge in [-0.2, -0.15) is 0 Å². The third kappa shape index (κ3) is 3.07. The monoisotopic (exact) mass is 281 g/mol. The molecule has 0 bridgehead atoms. The highest BCUT2D eigenvalue weighted by molar-refractivity contribution is 5.96. The van der Waals surface area contributed by atoms with Crippen LogP contribution in [0.5, 0.6) is 5.75 Å². The van der Waals surface area contributed by atoms with E-state index >= 15 is 0 Å². The highest BCUT2D eigenvalue weighted by Gasteiger charge is 2.30. The Morgan fingerprint density at radius 2 is 1.95 bits per heavy atom. The first-order valence-corrected chi connectivity index (χ1v) is 6.50. The fourth-order valence-corrected chi connectivity index (χ4v) is 2.56. The number of aromatic hydroxyl groups is 1. The molecule has 0 aliphatic heterocycles. The molecule has 1 amide bonds. The zero-order valence-corrected chi connectivity index (χ0v) is 10.9. The molecule has 0 heterocycles. The van der Waals surface area contributed by atoms with E-state index in [-0.39, 0.29) is 17.4 Å². The van der Waals surface area contributed by atoms with Gasteiger partial charge in [-0.15, -0.1) is 0 Å². The number of phenolic OH excluding ortho intramolecular Hbond substituents is 1. The van der Waals surface area contributed by atoms with E-state index in [9.17, 15) is 14.0 Å². The summed E-state index contributed by atoms with van der Waals surface area (Å²) in [4.78, 5) is 24.5. The second kappa shape index (κ2) is 5.90.